The normalized spacial score (nSPS) is 15.5. The summed E-state index contributed by atoms with van der Waals surface area (Å²) in [6.07, 6.45) is 4.53. The molecule has 68 heavy (non-hydrogen) atoms. The molecule has 8 rings (SSSR count). The zero-order valence-electron chi connectivity index (χ0n) is 39.1. The highest BCUT2D eigenvalue weighted by Gasteiger charge is 2.27. The number of aliphatic hydroxyl groups is 2. The van der Waals surface area contributed by atoms with Crippen LogP contribution in [-0.4, -0.2) is 90.4 Å². The molecule has 0 aliphatic carbocycles. The number of ether oxygens (including phenoxy) is 3. The van der Waals surface area contributed by atoms with Crippen LogP contribution in [0, 0.1) is 0 Å². The number of aliphatic hydroxyl groups excluding tert-OH is 2. The minimum Gasteiger partial charge on any atom is -0.493 e. The molecule has 2 saturated heterocycles. The smallest absolute Gasteiger partial charge is 0.227 e. The zero-order chi connectivity index (χ0) is 47.3. The number of nitrogens with zero attached hydrogens (tertiary/aromatic N) is 2. The number of carbonyl (C=O) groups is 2. The van der Waals surface area contributed by atoms with Crippen LogP contribution in [0.2, 0.25) is 0 Å². The van der Waals surface area contributed by atoms with E-state index in [4.69, 9.17) is 14.2 Å². The lowest BCUT2D eigenvalue weighted by molar-refractivity contribution is -0.124. The summed E-state index contributed by atoms with van der Waals surface area (Å²) >= 11 is 0. The average molecular weight is 919 g/mol. The van der Waals surface area contributed by atoms with Gasteiger partial charge in [-0.1, -0.05) is 115 Å². The Hall–Kier alpha value is -6.50. The third-order valence-electron chi connectivity index (χ3n) is 12.6. The van der Waals surface area contributed by atoms with E-state index in [0.29, 0.717) is 24.3 Å². The van der Waals surface area contributed by atoms with Crippen LogP contribution in [0.4, 0.5) is 0 Å². The van der Waals surface area contributed by atoms with Crippen LogP contribution >= 0.6 is 0 Å². The summed E-state index contributed by atoms with van der Waals surface area (Å²) < 4.78 is 17.4. The maximum Gasteiger partial charge on any atom is 0.227 e. The number of likely N-dealkylation sites (tertiary alicyclic amines) is 2. The van der Waals surface area contributed by atoms with Gasteiger partial charge in [0.1, 0.15) is 17.2 Å². The molecule has 2 heterocycles. The Morgan fingerprint density at radius 2 is 0.912 bits per heavy atom. The fourth-order valence-corrected chi connectivity index (χ4v) is 8.99. The quantitative estimate of drug-likeness (QED) is 0.0628. The van der Waals surface area contributed by atoms with Crippen LogP contribution in [0.25, 0.3) is 0 Å². The molecule has 0 radical (unpaired) electrons. The van der Waals surface area contributed by atoms with Gasteiger partial charge in [0.2, 0.25) is 11.8 Å². The van der Waals surface area contributed by atoms with Crippen LogP contribution < -0.4 is 24.8 Å². The summed E-state index contributed by atoms with van der Waals surface area (Å²) in [5, 5.41) is 25.3. The van der Waals surface area contributed by atoms with Crippen molar-refractivity contribution in [3.05, 3.63) is 186 Å². The Labute approximate surface area is 401 Å². The first-order valence-corrected chi connectivity index (χ1v) is 24.0. The van der Waals surface area contributed by atoms with Crippen molar-refractivity contribution in [2.45, 2.75) is 75.5 Å². The molecule has 2 aliphatic rings. The second-order valence-corrected chi connectivity index (χ2v) is 17.5. The van der Waals surface area contributed by atoms with E-state index < -0.39 is 0 Å². The highest BCUT2D eigenvalue weighted by atomic mass is 16.5. The number of benzene rings is 6. The van der Waals surface area contributed by atoms with Crippen LogP contribution in [-0.2, 0) is 22.7 Å². The van der Waals surface area contributed by atoms with E-state index in [0.717, 1.165) is 93.3 Å². The highest BCUT2D eigenvalue weighted by molar-refractivity contribution is 5.84. The first-order chi connectivity index (χ1) is 33.4. The molecule has 2 aliphatic heterocycles. The summed E-state index contributed by atoms with van der Waals surface area (Å²) in [7, 11) is 1.64. The molecule has 0 aromatic heterocycles. The molecular weight excluding hydrogens is 853 g/mol. The molecular formula is C57H66N4O7. The van der Waals surface area contributed by atoms with Gasteiger partial charge in [0, 0.05) is 64.6 Å². The minimum atomic E-state index is -0.315. The van der Waals surface area contributed by atoms with Crippen molar-refractivity contribution >= 4 is 11.8 Å². The molecule has 2 fully saturated rings. The van der Waals surface area contributed by atoms with Gasteiger partial charge >= 0.3 is 0 Å². The topological polar surface area (TPSA) is 133 Å². The number of methoxy groups -OCH3 is 1. The summed E-state index contributed by atoms with van der Waals surface area (Å²) in [5.74, 6) is 3.26. The Morgan fingerprint density at radius 3 is 1.35 bits per heavy atom. The molecule has 0 bridgehead atoms. The molecule has 0 saturated carbocycles. The number of nitrogens with one attached hydrogen (secondary N) is 2. The number of hydrogen-bond acceptors (Lipinski definition) is 9. The van der Waals surface area contributed by atoms with Crippen LogP contribution in [0.15, 0.2) is 164 Å². The first kappa shape index (κ1) is 49.4. The van der Waals surface area contributed by atoms with E-state index >= 15 is 0 Å². The molecule has 6 aromatic rings. The lowest BCUT2D eigenvalue weighted by atomic mass is 9.94. The number of amides is 2. The summed E-state index contributed by atoms with van der Waals surface area (Å²) in [6.45, 7) is 5.39. The van der Waals surface area contributed by atoms with Gasteiger partial charge in [-0.3, -0.25) is 19.4 Å². The van der Waals surface area contributed by atoms with E-state index in [1.807, 2.05) is 140 Å². The largest absolute Gasteiger partial charge is 0.493 e. The standard InChI is InChI=1S/C29H34N2O4.C28H32N2O3/c1-34-27-12-5-6-13-28(27)35-25-11-7-8-22(20-25)21-31-17-14-24(15-18-31)30-29(33)26(16-19-32)23-9-3-2-4-10-23;31-19-16-27(23-9-3-1-4-10-23)28(32)29-24-14-17-30(18-15-24)21-22-8-7-13-26(20-22)33-25-11-5-2-6-12-25/h2-13,20,24,26,32H,14-19,21H2,1H3,(H,30,33);1-13,20,24,27,31H,14-19,21H2,(H,29,32). The van der Waals surface area contributed by atoms with Crippen molar-refractivity contribution in [1.82, 2.24) is 20.4 Å². The van der Waals surface area contributed by atoms with Crippen molar-refractivity contribution < 1.29 is 34.0 Å². The number of carbonyl (C=O) groups excluding carboxylic acids is 2. The third kappa shape index (κ3) is 15.0. The monoisotopic (exact) mass is 918 g/mol. The molecule has 2 atom stereocenters. The van der Waals surface area contributed by atoms with Crippen molar-refractivity contribution in [3.63, 3.8) is 0 Å². The predicted octanol–water partition coefficient (Wildman–Crippen LogP) is 9.46. The fourth-order valence-electron chi connectivity index (χ4n) is 8.99. The Morgan fingerprint density at radius 1 is 0.515 bits per heavy atom. The molecule has 6 aromatic carbocycles. The van der Waals surface area contributed by atoms with Crippen LogP contribution in [0.1, 0.15) is 72.6 Å². The average Bonchev–Trinajstić information content (AvgIpc) is 3.37. The molecule has 2 unspecified atom stereocenters. The maximum atomic E-state index is 12.9. The lowest BCUT2D eigenvalue weighted by Crippen LogP contribution is -2.45. The highest BCUT2D eigenvalue weighted by Crippen LogP contribution is 2.32. The molecule has 0 spiro atoms. The lowest BCUT2D eigenvalue weighted by Gasteiger charge is -2.33. The van der Waals surface area contributed by atoms with Gasteiger partial charge in [0.15, 0.2) is 11.5 Å². The Bertz CT molecular complexity index is 2420. The first-order valence-electron chi connectivity index (χ1n) is 24.0. The Kier molecular flexibility index (Phi) is 19.0. The van der Waals surface area contributed by atoms with Gasteiger partial charge in [0.05, 0.1) is 18.9 Å². The molecule has 2 amide bonds. The number of para-hydroxylation sites is 3. The molecule has 356 valence electrons. The van der Waals surface area contributed by atoms with Gasteiger partial charge in [-0.05, 0) is 109 Å². The van der Waals surface area contributed by atoms with E-state index in [1.165, 1.54) is 11.1 Å². The van der Waals surface area contributed by atoms with Crippen molar-refractivity contribution in [3.8, 4) is 28.7 Å². The van der Waals surface area contributed by atoms with E-state index in [9.17, 15) is 19.8 Å². The number of hydrogen-bond donors (Lipinski definition) is 4. The number of rotatable bonds is 19. The van der Waals surface area contributed by atoms with E-state index in [-0.39, 0.29) is 48.9 Å². The van der Waals surface area contributed by atoms with E-state index in [1.54, 1.807) is 7.11 Å². The van der Waals surface area contributed by atoms with Gasteiger partial charge in [-0.15, -0.1) is 0 Å². The van der Waals surface area contributed by atoms with Crippen LogP contribution in [0.5, 0.6) is 28.7 Å². The van der Waals surface area contributed by atoms with Gasteiger partial charge in [-0.2, -0.15) is 0 Å². The second-order valence-electron chi connectivity index (χ2n) is 17.5. The molecule has 11 nitrogen and oxygen atoms in total. The fraction of sp³-hybridized carbons (Fsp3) is 0.333. The summed E-state index contributed by atoms with van der Waals surface area (Å²) in [6, 6.07) is 53.6. The SMILES string of the molecule is COc1ccccc1Oc1cccc(CN2CCC(NC(=O)C(CCO)c3ccccc3)CC2)c1.O=C(NC1CCN(Cc2cccc(Oc3ccccc3)c2)CC1)C(CCO)c1ccccc1. The van der Waals surface area contributed by atoms with Gasteiger partial charge in [0.25, 0.3) is 0 Å². The molecule has 4 N–H and O–H groups in total. The van der Waals surface area contributed by atoms with Gasteiger partial charge < -0.3 is 35.1 Å². The third-order valence-corrected chi connectivity index (χ3v) is 12.6. The Balaban J connectivity index is 0.000000202. The summed E-state index contributed by atoms with van der Waals surface area (Å²) in [4.78, 5) is 30.7. The maximum absolute atomic E-state index is 12.9. The van der Waals surface area contributed by atoms with Crippen molar-refractivity contribution in [2.24, 2.45) is 0 Å². The second kappa shape index (κ2) is 26.2. The van der Waals surface area contributed by atoms with Crippen LogP contribution in [0.3, 0.4) is 0 Å². The van der Waals surface area contributed by atoms with Crippen molar-refractivity contribution in [1.29, 1.82) is 0 Å². The van der Waals surface area contributed by atoms with Crippen molar-refractivity contribution in [2.75, 3.05) is 46.5 Å². The van der Waals surface area contributed by atoms with Gasteiger partial charge in [-0.25, -0.2) is 0 Å². The van der Waals surface area contributed by atoms with E-state index in [2.05, 4.69) is 44.7 Å². The predicted molar refractivity (Wildman–Crippen MR) is 267 cm³/mol. The summed E-state index contributed by atoms with van der Waals surface area (Å²) in [5.41, 5.74) is 4.32. The number of piperidine rings is 2. The molecule has 11 heteroatoms. The minimum absolute atomic E-state index is 0.00151. The zero-order valence-corrected chi connectivity index (χ0v) is 39.1.